The number of esters is 3. The number of carbonyl (C=O) groups is 4. The summed E-state index contributed by atoms with van der Waals surface area (Å²) in [6.07, 6.45) is 4.89. The molecule has 4 fully saturated rings. The van der Waals surface area contributed by atoms with Crippen LogP contribution in [0, 0.1) is 46.3 Å². The van der Waals surface area contributed by atoms with Gasteiger partial charge in [-0.1, -0.05) is 20.8 Å². The molecule has 11 nitrogen and oxygen atoms in total. The predicted molar refractivity (Wildman–Crippen MR) is 149 cm³/mol. The molecule has 0 aliphatic heterocycles. The van der Waals surface area contributed by atoms with Crippen LogP contribution in [0.1, 0.15) is 78.6 Å². The number of hydrogen-bond donors (Lipinski definition) is 4. The fourth-order valence-electron chi connectivity index (χ4n) is 9.68. The summed E-state index contributed by atoms with van der Waals surface area (Å²) in [5, 5.41) is 9.34. The van der Waals surface area contributed by atoms with Crippen molar-refractivity contribution < 1.29 is 38.5 Å². The lowest BCUT2D eigenvalue weighted by Crippen LogP contribution is -2.63. The van der Waals surface area contributed by atoms with E-state index in [-0.39, 0.29) is 85.3 Å². The van der Waals surface area contributed by atoms with Crippen molar-refractivity contribution >= 4 is 23.9 Å². The fraction of sp³-hybridized carbons (Fsp3) is 0.867. The molecule has 0 radical (unpaired) electrons. The molecule has 0 unspecified atom stereocenters. The lowest BCUT2D eigenvalue weighted by atomic mass is 9.43. The van der Waals surface area contributed by atoms with Crippen molar-refractivity contribution in [1.29, 1.82) is 0 Å². The zero-order valence-electron chi connectivity index (χ0n) is 24.7. The molecule has 232 valence electrons. The number of ether oxygens (including phenoxy) is 3. The maximum Gasteiger partial charge on any atom is 0.319 e. The van der Waals surface area contributed by atoms with Crippen molar-refractivity contribution in [2.24, 2.45) is 63.5 Å². The van der Waals surface area contributed by atoms with Crippen LogP contribution < -0.4 is 17.2 Å². The Morgan fingerprint density at radius 1 is 0.854 bits per heavy atom. The van der Waals surface area contributed by atoms with E-state index in [0.29, 0.717) is 25.7 Å². The second-order valence-electron chi connectivity index (χ2n) is 13.4. The number of carboxylic acids is 1. The predicted octanol–water partition coefficient (Wildman–Crippen LogP) is 1.98. The van der Waals surface area contributed by atoms with Gasteiger partial charge in [-0.3, -0.25) is 19.2 Å². The van der Waals surface area contributed by atoms with Crippen molar-refractivity contribution in [3.8, 4) is 0 Å². The van der Waals surface area contributed by atoms with E-state index in [1.807, 2.05) is 0 Å². The molecule has 0 heterocycles. The quantitative estimate of drug-likeness (QED) is 0.218. The van der Waals surface area contributed by atoms with E-state index in [1.165, 1.54) is 0 Å². The molecular formula is C30H49N3O8. The molecular weight excluding hydrogens is 530 g/mol. The molecule has 0 aromatic rings. The average molecular weight is 580 g/mol. The third kappa shape index (κ3) is 5.99. The van der Waals surface area contributed by atoms with Crippen LogP contribution in [0.3, 0.4) is 0 Å². The molecule has 11 atom stereocenters. The topological polar surface area (TPSA) is 194 Å². The van der Waals surface area contributed by atoms with Crippen molar-refractivity contribution in [3.05, 3.63) is 0 Å². The first kappa shape index (κ1) is 31.7. The van der Waals surface area contributed by atoms with Gasteiger partial charge in [0.25, 0.3) is 0 Å². The Morgan fingerprint density at radius 3 is 2.12 bits per heavy atom. The van der Waals surface area contributed by atoms with E-state index in [0.717, 1.165) is 25.7 Å². The van der Waals surface area contributed by atoms with E-state index >= 15 is 0 Å². The maximum atomic E-state index is 12.7. The zero-order valence-corrected chi connectivity index (χ0v) is 24.7. The van der Waals surface area contributed by atoms with Gasteiger partial charge in [0.15, 0.2) is 0 Å². The SMILES string of the molecule is C[C@H](CCC(=O)O)[C@H]1CC[C@H]2[C@@H]3[C@H](OC(=O)CN)C[C@@H]4C[C@H](OC(=O)CN)CC[C@]4(C)[C@H]3C[C@H](OC(=O)CN)[C@]12C. The summed E-state index contributed by atoms with van der Waals surface area (Å²) < 4.78 is 17.9. The smallest absolute Gasteiger partial charge is 0.319 e. The highest BCUT2D eigenvalue weighted by Crippen LogP contribution is 2.69. The molecule has 0 spiro atoms. The Hall–Kier alpha value is -2.24. The summed E-state index contributed by atoms with van der Waals surface area (Å²) >= 11 is 0. The second-order valence-corrected chi connectivity index (χ2v) is 13.4. The minimum absolute atomic E-state index is 0.0457. The molecule has 11 heteroatoms. The molecule has 0 aromatic carbocycles. The van der Waals surface area contributed by atoms with Crippen LogP contribution in [0.5, 0.6) is 0 Å². The number of nitrogens with two attached hydrogens (primary N) is 3. The van der Waals surface area contributed by atoms with Gasteiger partial charge >= 0.3 is 23.9 Å². The Bertz CT molecular complexity index is 1010. The highest BCUT2D eigenvalue weighted by atomic mass is 16.6. The number of carboxylic acid groups (broad SMARTS) is 1. The molecule has 7 N–H and O–H groups in total. The highest BCUT2D eigenvalue weighted by molar-refractivity contribution is 5.72. The number of fused-ring (bicyclic) bond motifs is 5. The number of aliphatic carboxylic acids is 1. The number of hydrogen-bond acceptors (Lipinski definition) is 10. The van der Waals surface area contributed by atoms with Crippen molar-refractivity contribution in [3.63, 3.8) is 0 Å². The van der Waals surface area contributed by atoms with Gasteiger partial charge in [-0.2, -0.15) is 0 Å². The Morgan fingerprint density at radius 2 is 1.49 bits per heavy atom. The first-order chi connectivity index (χ1) is 19.4. The first-order valence-electron chi connectivity index (χ1n) is 15.3. The van der Waals surface area contributed by atoms with Crippen LogP contribution in [0.25, 0.3) is 0 Å². The lowest BCUT2D eigenvalue weighted by Gasteiger charge is -2.64. The summed E-state index contributed by atoms with van der Waals surface area (Å²) in [5.41, 5.74) is 16.3. The maximum absolute atomic E-state index is 12.7. The van der Waals surface area contributed by atoms with Gasteiger partial charge in [-0.25, -0.2) is 0 Å². The highest BCUT2D eigenvalue weighted by Gasteiger charge is 2.67. The molecule has 0 amide bonds. The van der Waals surface area contributed by atoms with Gasteiger partial charge in [0.05, 0.1) is 19.6 Å². The Kier molecular flexibility index (Phi) is 9.70. The van der Waals surface area contributed by atoms with Crippen molar-refractivity contribution in [2.75, 3.05) is 19.6 Å². The van der Waals surface area contributed by atoms with E-state index in [9.17, 15) is 24.3 Å². The largest absolute Gasteiger partial charge is 0.481 e. The van der Waals surface area contributed by atoms with Gasteiger partial charge in [0.2, 0.25) is 0 Å². The van der Waals surface area contributed by atoms with Crippen LogP contribution in [0.4, 0.5) is 0 Å². The standard InChI is InChI=1S/C30H49N3O8/c1-16(4-7-24(34)35)19-5-6-20-28-21(12-23(30(19,20)3)41-27(38)15-33)29(2)9-8-18(39-25(36)13-31)10-17(29)11-22(28)40-26(37)14-32/h16-23,28H,4-15,31-33H2,1-3H3,(H,34,35)/t16-,17+,18-,19-,20+,21+,22-,23+,28+,29+,30-/m1/s1. The van der Waals surface area contributed by atoms with Crippen LogP contribution in [0.2, 0.25) is 0 Å². The van der Waals surface area contributed by atoms with Crippen LogP contribution in [0.15, 0.2) is 0 Å². The van der Waals surface area contributed by atoms with Crippen LogP contribution in [-0.2, 0) is 33.4 Å². The molecule has 4 aliphatic rings. The van der Waals surface area contributed by atoms with Gasteiger partial charge in [0, 0.05) is 17.8 Å². The van der Waals surface area contributed by atoms with Gasteiger partial charge in [0.1, 0.15) is 18.3 Å². The summed E-state index contributed by atoms with van der Waals surface area (Å²) in [4.78, 5) is 48.7. The van der Waals surface area contributed by atoms with E-state index in [4.69, 9.17) is 31.4 Å². The second kappa shape index (κ2) is 12.6. The number of rotatable bonds is 10. The van der Waals surface area contributed by atoms with E-state index < -0.39 is 29.3 Å². The average Bonchev–Trinajstić information content (AvgIpc) is 3.30. The van der Waals surface area contributed by atoms with Gasteiger partial charge < -0.3 is 36.5 Å². The van der Waals surface area contributed by atoms with Gasteiger partial charge in [-0.05, 0) is 86.4 Å². The van der Waals surface area contributed by atoms with Crippen LogP contribution >= 0.6 is 0 Å². The van der Waals surface area contributed by atoms with Gasteiger partial charge in [-0.15, -0.1) is 0 Å². The molecule has 4 saturated carbocycles. The Balaban J connectivity index is 1.72. The summed E-state index contributed by atoms with van der Waals surface area (Å²) in [7, 11) is 0. The molecule has 0 bridgehead atoms. The van der Waals surface area contributed by atoms with Crippen molar-refractivity contribution in [2.45, 2.75) is 96.9 Å². The molecule has 41 heavy (non-hydrogen) atoms. The summed E-state index contributed by atoms with van der Waals surface area (Å²) in [6, 6.07) is 0. The zero-order chi connectivity index (χ0) is 30.1. The first-order valence-corrected chi connectivity index (χ1v) is 15.3. The third-order valence-electron chi connectivity index (χ3n) is 11.6. The Labute approximate surface area is 242 Å². The van der Waals surface area contributed by atoms with E-state index in [2.05, 4.69) is 20.8 Å². The number of carbonyl (C=O) groups excluding carboxylic acids is 3. The molecule has 4 rings (SSSR count). The minimum atomic E-state index is -0.820. The summed E-state index contributed by atoms with van der Waals surface area (Å²) in [5.74, 6) is -1.49. The minimum Gasteiger partial charge on any atom is -0.481 e. The molecule has 0 aromatic heterocycles. The van der Waals surface area contributed by atoms with E-state index in [1.54, 1.807) is 0 Å². The normalized spacial score (nSPS) is 40.3. The molecule has 0 saturated heterocycles. The monoisotopic (exact) mass is 579 g/mol. The van der Waals surface area contributed by atoms with Crippen molar-refractivity contribution in [1.82, 2.24) is 0 Å². The van der Waals surface area contributed by atoms with Crippen LogP contribution in [-0.4, -0.2) is 66.9 Å². The third-order valence-corrected chi connectivity index (χ3v) is 11.6. The molecule has 4 aliphatic carbocycles. The fourth-order valence-corrected chi connectivity index (χ4v) is 9.68. The summed E-state index contributed by atoms with van der Waals surface area (Å²) in [6.45, 7) is 6.00. The lowest BCUT2D eigenvalue weighted by molar-refractivity contribution is -0.225.